The van der Waals surface area contributed by atoms with E-state index in [0.717, 1.165) is 0 Å². The van der Waals surface area contributed by atoms with Crippen LogP contribution in [0.1, 0.15) is 33.3 Å². The van der Waals surface area contributed by atoms with Gasteiger partial charge in [-0.1, -0.05) is 11.6 Å². The molecule has 0 aromatic heterocycles. The van der Waals surface area contributed by atoms with E-state index in [2.05, 4.69) is 4.72 Å². The van der Waals surface area contributed by atoms with E-state index in [1.807, 2.05) is 6.92 Å². The van der Waals surface area contributed by atoms with Crippen molar-refractivity contribution < 1.29 is 13.2 Å². The van der Waals surface area contributed by atoms with E-state index >= 15 is 0 Å². The van der Waals surface area contributed by atoms with Gasteiger partial charge in [-0.25, -0.2) is 13.1 Å². The molecule has 0 unspecified atom stereocenters. The van der Waals surface area contributed by atoms with Crippen molar-refractivity contribution in [1.82, 2.24) is 4.72 Å². The van der Waals surface area contributed by atoms with Crippen molar-refractivity contribution in [2.24, 2.45) is 0 Å². The first-order chi connectivity index (χ1) is 8.57. The number of halogens is 1. The van der Waals surface area contributed by atoms with Gasteiger partial charge in [-0.3, -0.25) is 0 Å². The Morgan fingerprint density at radius 3 is 2.37 bits per heavy atom. The van der Waals surface area contributed by atoms with Crippen LogP contribution in [0.3, 0.4) is 0 Å². The largest absolute Gasteiger partial charge is 0.492 e. The van der Waals surface area contributed by atoms with Gasteiger partial charge in [0.15, 0.2) is 0 Å². The predicted octanol–water partition coefficient (Wildman–Crippen LogP) is 3.12. The Hall–Kier alpha value is -0.780. The molecule has 0 radical (unpaired) electrons. The van der Waals surface area contributed by atoms with Crippen LogP contribution in [0, 0.1) is 6.92 Å². The molecule has 0 aliphatic carbocycles. The van der Waals surface area contributed by atoms with Crippen molar-refractivity contribution in [3.63, 3.8) is 0 Å². The van der Waals surface area contributed by atoms with Crippen molar-refractivity contribution in [3.8, 4) is 5.75 Å². The third-order valence-corrected chi connectivity index (χ3v) is 4.45. The summed E-state index contributed by atoms with van der Waals surface area (Å²) >= 11 is 6.04. The fourth-order valence-corrected chi connectivity index (χ4v) is 3.61. The van der Waals surface area contributed by atoms with Crippen LogP contribution in [0.15, 0.2) is 17.0 Å². The molecule has 0 aliphatic heterocycles. The topological polar surface area (TPSA) is 55.4 Å². The molecule has 0 atom stereocenters. The molecule has 0 spiro atoms. The zero-order chi connectivity index (χ0) is 14.8. The number of ether oxygens (including phenoxy) is 1. The van der Waals surface area contributed by atoms with Crippen LogP contribution in [0.25, 0.3) is 0 Å². The van der Waals surface area contributed by atoms with Gasteiger partial charge < -0.3 is 4.74 Å². The summed E-state index contributed by atoms with van der Waals surface area (Å²) in [4.78, 5) is 0.177. The van der Waals surface area contributed by atoms with Gasteiger partial charge in [-0.15, -0.1) is 0 Å². The zero-order valence-electron chi connectivity index (χ0n) is 11.9. The van der Waals surface area contributed by atoms with Crippen LogP contribution in [-0.4, -0.2) is 20.6 Å². The summed E-state index contributed by atoms with van der Waals surface area (Å²) in [6.07, 6.45) is 0. The summed E-state index contributed by atoms with van der Waals surface area (Å²) in [7, 11) is -3.59. The number of hydrogen-bond donors (Lipinski definition) is 1. The van der Waals surface area contributed by atoms with Gasteiger partial charge in [0.25, 0.3) is 0 Å². The van der Waals surface area contributed by atoms with E-state index in [1.54, 1.807) is 33.8 Å². The minimum absolute atomic E-state index is 0.177. The van der Waals surface area contributed by atoms with Gasteiger partial charge in [0.2, 0.25) is 10.0 Å². The Morgan fingerprint density at radius 1 is 1.32 bits per heavy atom. The highest BCUT2D eigenvalue weighted by Gasteiger charge is 2.24. The van der Waals surface area contributed by atoms with Gasteiger partial charge in [-0.05, 0) is 52.3 Å². The molecule has 108 valence electrons. The lowest BCUT2D eigenvalue weighted by molar-refractivity contribution is 0.340. The van der Waals surface area contributed by atoms with E-state index < -0.39 is 15.6 Å². The van der Waals surface area contributed by atoms with E-state index in [1.165, 1.54) is 6.07 Å². The smallest absolute Gasteiger partial charge is 0.241 e. The molecule has 19 heavy (non-hydrogen) atoms. The number of benzene rings is 1. The Morgan fingerprint density at radius 2 is 1.89 bits per heavy atom. The Kier molecular flexibility index (Phi) is 4.87. The molecule has 6 heteroatoms. The maximum atomic E-state index is 12.3. The first kappa shape index (κ1) is 16.3. The molecule has 1 aromatic carbocycles. The molecule has 0 heterocycles. The Balaban J connectivity index is 3.25. The molecule has 1 rings (SSSR count). The lowest BCUT2D eigenvalue weighted by atomic mass is 10.1. The number of aryl methyl sites for hydroxylation is 1. The molecular weight excluding hydrogens is 286 g/mol. The van der Waals surface area contributed by atoms with Gasteiger partial charge >= 0.3 is 0 Å². The Labute approximate surface area is 120 Å². The quantitative estimate of drug-likeness (QED) is 0.930. The molecule has 0 aliphatic rings. The first-order valence-corrected chi connectivity index (χ1v) is 7.90. The number of nitrogens with one attached hydrogen (secondary N) is 1. The number of rotatable bonds is 4. The predicted molar refractivity (Wildman–Crippen MR) is 77.4 cm³/mol. The molecule has 0 bridgehead atoms. The molecule has 4 nitrogen and oxygen atoms in total. The van der Waals surface area contributed by atoms with Gasteiger partial charge in [0.1, 0.15) is 5.75 Å². The fourth-order valence-electron chi connectivity index (χ4n) is 1.65. The number of hydrogen-bond acceptors (Lipinski definition) is 3. The highest BCUT2D eigenvalue weighted by atomic mass is 35.5. The Bertz CT molecular complexity index is 562. The van der Waals surface area contributed by atoms with Crippen molar-refractivity contribution >= 4 is 21.6 Å². The van der Waals surface area contributed by atoms with Crippen molar-refractivity contribution in [2.45, 2.75) is 45.1 Å². The molecule has 1 N–H and O–H groups in total. The summed E-state index contributed by atoms with van der Waals surface area (Å²) < 4.78 is 32.5. The van der Waals surface area contributed by atoms with E-state index in [-0.39, 0.29) is 4.90 Å². The molecule has 0 amide bonds. The lowest BCUT2D eigenvalue weighted by Crippen LogP contribution is -2.40. The summed E-state index contributed by atoms with van der Waals surface area (Å²) in [6, 6.07) is 3.07. The maximum Gasteiger partial charge on any atom is 0.241 e. The van der Waals surface area contributed by atoms with Crippen LogP contribution in [0.2, 0.25) is 5.02 Å². The van der Waals surface area contributed by atoms with Crippen LogP contribution in [-0.2, 0) is 10.0 Å². The van der Waals surface area contributed by atoms with E-state index in [4.69, 9.17) is 16.3 Å². The second-order valence-corrected chi connectivity index (χ2v) is 7.39. The minimum Gasteiger partial charge on any atom is -0.492 e. The average Bonchev–Trinajstić information content (AvgIpc) is 2.19. The fraction of sp³-hybridized carbons (Fsp3) is 0.538. The van der Waals surface area contributed by atoms with Crippen LogP contribution >= 0.6 is 11.6 Å². The van der Waals surface area contributed by atoms with Gasteiger partial charge in [0, 0.05) is 5.54 Å². The van der Waals surface area contributed by atoms with E-state index in [9.17, 15) is 8.42 Å². The molecule has 0 fully saturated rings. The summed E-state index contributed by atoms with van der Waals surface area (Å²) in [6.45, 7) is 9.40. The van der Waals surface area contributed by atoms with Crippen molar-refractivity contribution in [2.75, 3.05) is 6.61 Å². The molecular formula is C13H20ClNO3S. The van der Waals surface area contributed by atoms with E-state index in [0.29, 0.717) is 22.9 Å². The van der Waals surface area contributed by atoms with Crippen LogP contribution in [0.5, 0.6) is 5.75 Å². The van der Waals surface area contributed by atoms with Gasteiger partial charge in [-0.2, -0.15) is 0 Å². The molecule has 0 saturated heterocycles. The summed E-state index contributed by atoms with van der Waals surface area (Å²) in [5, 5.41) is 0.293. The average molecular weight is 306 g/mol. The van der Waals surface area contributed by atoms with Crippen molar-refractivity contribution in [1.29, 1.82) is 0 Å². The highest BCUT2D eigenvalue weighted by Crippen LogP contribution is 2.30. The lowest BCUT2D eigenvalue weighted by Gasteiger charge is -2.21. The summed E-state index contributed by atoms with van der Waals surface area (Å²) in [5.74, 6) is 0.497. The monoisotopic (exact) mass is 305 g/mol. The second kappa shape index (κ2) is 5.69. The van der Waals surface area contributed by atoms with Crippen LogP contribution in [0.4, 0.5) is 0 Å². The first-order valence-electron chi connectivity index (χ1n) is 6.04. The van der Waals surface area contributed by atoms with Gasteiger partial charge in [0.05, 0.1) is 16.5 Å². The summed E-state index contributed by atoms with van der Waals surface area (Å²) in [5.41, 5.74) is 0.0562. The normalized spacial score (nSPS) is 12.5. The second-order valence-electron chi connectivity index (χ2n) is 5.34. The zero-order valence-corrected chi connectivity index (χ0v) is 13.4. The number of sulfonamides is 1. The molecule has 0 saturated carbocycles. The maximum absolute atomic E-state index is 12.3. The highest BCUT2D eigenvalue weighted by molar-refractivity contribution is 7.89. The third kappa shape index (κ3) is 4.37. The van der Waals surface area contributed by atoms with Crippen molar-refractivity contribution in [3.05, 3.63) is 22.7 Å². The standard InChI is InChI=1S/C13H20ClNO3S/c1-6-18-11-7-9(2)12(8-10(11)14)19(16,17)15-13(3,4)5/h7-8,15H,6H2,1-5H3. The van der Waals surface area contributed by atoms with Crippen LogP contribution < -0.4 is 9.46 Å². The third-order valence-electron chi connectivity index (χ3n) is 2.26. The SMILES string of the molecule is CCOc1cc(C)c(S(=O)(=O)NC(C)(C)C)cc1Cl. The molecule has 1 aromatic rings. The minimum atomic E-state index is -3.59.